The molecule has 0 spiro atoms. The van der Waals surface area contributed by atoms with E-state index < -0.39 is 0 Å². The van der Waals surface area contributed by atoms with E-state index >= 15 is 0 Å². The fourth-order valence-electron chi connectivity index (χ4n) is 3.99. The Labute approximate surface area is 171 Å². The van der Waals surface area contributed by atoms with Crippen molar-refractivity contribution in [3.8, 4) is 0 Å². The Morgan fingerprint density at radius 2 is 1.84 bits per heavy atom. The van der Waals surface area contributed by atoms with Crippen LogP contribution in [0.15, 0.2) is 4.99 Å². The molecule has 1 aliphatic heterocycles. The summed E-state index contributed by atoms with van der Waals surface area (Å²) in [5.74, 6) is 0.978. The van der Waals surface area contributed by atoms with Crippen molar-refractivity contribution in [3.63, 3.8) is 0 Å². The number of rotatable bonds is 8. The van der Waals surface area contributed by atoms with Gasteiger partial charge in [-0.2, -0.15) is 0 Å². The van der Waals surface area contributed by atoms with Crippen LogP contribution in [0, 0.1) is 5.41 Å². The van der Waals surface area contributed by atoms with Crippen LogP contribution in [0.1, 0.15) is 65.2 Å². The number of nitrogens with one attached hydrogen (secondary N) is 2. The molecule has 148 valence electrons. The molecule has 25 heavy (non-hydrogen) atoms. The molecular weight excluding hydrogens is 427 g/mol. The zero-order valence-electron chi connectivity index (χ0n) is 16.2. The Morgan fingerprint density at radius 3 is 2.44 bits per heavy atom. The van der Waals surface area contributed by atoms with Gasteiger partial charge in [0.15, 0.2) is 5.96 Å². The third-order valence-corrected chi connectivity index (χ3v) is 5.83. The molecule has 0 aromatic heterocycles. The topological polar surface area (TPSA) is 59.9 Å². The van der Waals surface area contributed by atoms with E-state index in [-0.39, 0.29) is 30.1 Å². The highest BCUT2D eigenvalue weighted by Crippen LogP contribution is 2.41. The van der Waals surface area contributed by atoms with Crippen molar-refractivity contribution in [2.75, 3.05) is 39.3 Å². The molecule has 2 fully saturated rings. The quantitative estimate of drug-likeness (QED) is 0.223. The van der Waals surface area contributed by atoms with E-state index in [1.807, 2.05) is 0 Å². The minimum absolute atomic E-state index is 0. The second-order valence-corrected chi connectivity index (χ2v) is 7.61. The van der Waals surface area contributed by atoms with Gasteiger partial charge in [-0.15, -0.1) is 24.0 Å². The van der Waals surface area contributed by atoms with Crippen molar-refractivity contribution < 1.29 is 5.11 Å². The van der Waals surface area contributed by atoms with E-state index in [0.717, 1.165) is 64.5 Å². The number of likely N-dealkylation sites (tertiary alicyclic amines) is 1. The molecule has 5 nitrogen and oxygen atoms in total. The maximum Gasteiger partial charge on any atom is 0.191 e. The average Bonchev–Trinajstić information content (AvgIpc) is 3.07. The van der Waals surface area contributed by atoms with Crippen molar-refractivity contribution in [1.29, 1.82) is 0 Å². The van der Waals surface area contributed by atoms with Crippen molar-refractivity contribution in [1.82, 2.24) is 15.5 Å². The summed E-state index contributed by atoms with van der Waals surface area (Å²) in [6, 6.07) is 0. The number of hydrogen-bond acceptors (Lipinski definition) is 3. The molecule has 2 rings (SSSR count). The molecule has 0 radical (unpaired) electrons. The van der Waals surface area contributed by atoms with Gasteiger partial charge in [-0.25, -0.2) is 0 Å². The van der Waals surface area contributed by atoms with Gasteiger partial charge >= 0.3 is 0 Å². The minimum Gasteiger partial charge on any atom is -0.393 e. The lowest BCUT2D eigenvalue weighted by molar-refractivity contribution is 0.0823. The molecule has 0 aromatic rings. The number of piperidine rings is 1. The molecule has 0 unspecified atom stereocenters. The summed E-state index contributed by atoms with van der Waals surface area (Å²) in [6.45, 7) is 10.5. The fraction of sp³-hybridized carbons (Fsp3) is 0.947. The van der Waals surface area contributed by atoms with Gasteiger partial charge in [-0.3, -0.25) is 4.99 Å². The second-order valence-electron chi connectivity index (χ2n) is 7.61. The highest BCUT2D eigenvalue weighted by molar-refractivity contribution is 14.0. The predicted molar refractivity (Wildman–Crippen MR) is 117 cm³/mol. The number of aliphatic imine (C=N–C) groups is 1. The highest BCUT2D eigenvalue weighted by Gasteiger charge is 2.31. The van der Waals surface area contributed by atoms with E-state index in [4.69, 9.17) is 4.99 Å². The average molecular weight is 466 g/mol. The van der Waals surface area contributed by atoms with Gasteiger partial charge in [0.05, 0.1) is 6.10 Å². The number of hydrogen-bond donors (Lipinski definition) is 3. The van der Waals surface area contributed by atoms with Crippen molar-refractivity contribution in [2.45, 2.75) is 71.3 Å². The van der Waals surface area contributed by atoms with Crippen LogP contribution in [0.5, 0.6) is 0 Å². The van der Waals surface area contributed by atoms with Crippen LogP contribution in [-0.2, 0) is 0 Å². The van der Waals surface area contributed by atoms with Crippen LogP contribution in [0.25, 0.3) is 0 Å². The smallest absolute Gasteiger partial charge is 0.191 e. The number of aliphatic hydroxyl groups is 1. The largest absolute Gasteiger partial charge is 0.393 e. The molecule has 1 saturated heterocycles. The molecular formula is C19H39IN4O. The number of guanidine groups is 1. The summed E-state index contributed by atoms with van der Waals surface area (Å²) < 4.78 is 0. The summed E-state index contributed by atoms with van der Waals surface area (Å²) in [4.78, 5) is 7.34. The standard InChI is InChI=1S/C19H38N4O.HI/c1-3-19(10-5-6-11-19)16-22-18(20-4-2)21-12-7-13-23-14-8-17(24)9-15-23;/h17,24H,3-16H2,1-2H3,(H2,20,21,22);1H. The Bertz CT molecular complexity index is 378. The number of aliphatic hydroxyl groups excluding tert-OH is 1. The zero-order valence-corrected chi connectivity index (χ0v) is 18.6. The normalized spacial score (nSPS) is 21.8. The Kier molecular flexibility index (Phi) is 11.3. The van der Waals surface area contributed by atoms with Crippen LogP contribution in [-0.4, -0.2) is 61.3 Å². The molecule has 1 aliphatic carbocycles. The molecule has 3 N–H and O–H groups in total. The molecule has 0 amide bonds. The van der Waals surface area contributed by atoms with Crippen LogP contribution in [0.2, 0.25) is 0 Å². The molecule has 1 heterocycles. The molecule has 6 heteroatoms. The lowest BCUT2D eigenvalue weighted by Gasteiger charge is -2.29. The predicted octanol–water partition coefficient (Wildman–Crippen LogP) is 2.98. The maximum absolute atomic E-state index is 9.56. The van der Waals surface area contributed by atoms with Gasteiger partial charge in [0.25, 0.3) is 0 Å². The summed E-state index contributed by atoms with van der Waals surface area (Å²) >= 11 is 0. The molecule has 0 aromatic carbocycles. The molecule has 2 aliphatic rings. The second kappa shape index (κ2) is 12.3. The first-order valence-electron chi connectivity index (χ1n) is 10.1. The van der Waals surface area contributed by atoms with Gasteiger partial charge in [-0.05, 0) is 57.4 Å². The third-order valence-electron chi connectivity index (χ3n) is 5.83. The zero-order chi connectivity index (χ0) is 17.3. The minimum atomic E-state index is -0.0756. The van der Waals surface area contributed by atoms with Crippen LogP contribution in [0.4, 0.5) is 0 Å². The summed E-state index contributed by atoms with van der Waals surface area (Å²) in [5, 5.41) is 16.4. The monoisotopic (exact) mass is 466 g/mol. The fourth-order valence-corrected chi connectivity index (χ4v) is 3.99. The first kappa shape index (κ1) is 23.0. The summed E-state index contributed by atoms with van der Waals surface area (Å²) in [5.41, 5.74) is 0.455. The number of halogens is 1. The van der Waals surface area contributed by atoms with E-state index in [1.54, 1.807) is 0 Å². The summed E-state index contributed by atoms with van der Waals surface area (Å²) in [7, 11) is 0. The van der Waals surface area contributed by atoms with E-state index in [9.17, 15) is 5.11 Å². The Morgan fingerprint density at radius 1 is 1.16 bits per heavy atom. The lowest BCUT2D eigenvalue weighted by atomic mass is 9.84. The van der Waals surface area contributed by atoms with E-state index in [2.05, 4.69) is 29.4 Å². The Balaban J connectivity index is 0.00000312. The Hall–Kier alpha value is -0.0800. The van der Waals surface area contributed by atoms with Crippen molar-refractivity contribution in [3.05, 3.63) is 0 Å². The maximum atomic E-state index is 9.56. The van der Waals surface area contributed by atoms with Gasteiger partial charge in [0.1, 0.15) is 0 Å². The number of nitrogens with zero attached hydrogens (tertiary/aromatic N) is 2. The highest BCUT2D eigenvalue weighted by atomic mass is 127. The van der Waals surface area contributed by atoms with Crippen LogP contribution >= 0.6 is 24.0 Å². The summed E-state index contributed by atoms with van der Waals surface area (Å²) in [6.07, 6.45) is 9.58. The van der Waals surface area contributed by atoms with Gasteiger partial charge in [0.2, 0.25) is 0 Å². The van der Waals surface area contributed by atoms with Gasteiger partial charge < -0.3 is 20.6 Å². The third kappa shape index (κ3) is 7.99. The van der Waals surface area contributed by atoms with Crippen LogP contribution in [0.3, 0.4) is 0 Å². The van der Waals surface area contributed by atoms with Gasteiger partial charge in [0, 0.05) is 32.7 Å². The van der Waals surface area contributed by atoms with Crippen molar-refractivity contribution >= 4 is 29.9 Å². The first-order valence-corrected chi connectivity index (χ1v) is 10.1. The molecule has 0 atom stereocenters. The molecule has 0 bridgehead atoms. The first-order chi connectivity index (χ1) is 11.7. The SMILES string of the molecule is CCNC(=NCC1(CC)CCCC1)NCCCN1CCC(O)CC1.I. The van der Waals surface area contributed by atoms with Crippen molar-refractivity contribution in [2.24, 2.45) is 10.4 Å². The van der Waals surface area contributed by atoms with Gasteiger partial charge in [-0.1, -0.05) is 19.8 Å². The lowest BCUT2D eigenvalue weighted by Crippen LogP contribution is -2.41. The van der Waals surface area contributed by atoms with Crippen LogP contribution < -0.4 is 10.6 Å². The van der Waals surface area contributed by atoms with E-state index in [1.165, 1.54) is 32.1 Å². The van der Waals surface area contributed by atoms with E-state index in [0.29, 0.717) is 5.41 Å². The molecule has 1 saturated carbocycles.